The molecule has 0 bridgehead atoms. The molecule has 1 aliphatic heterocycles. The van der Waals surface area contributed by atoms with E-state index < -0.39 is 29.5 Å². The number of aromatic nitrogens is 2. The van der Waals surface area contributed by atoms with E-state index in [1.807, 2.05) is 18.3 Å². The van der Waals surface area contributed by atoms with Gasteiger partial charge in [-0.05, 0) is 98.3 Å². The second-order valence-corrected chi connectivity index (χ2v) is 18.2. The van der Waals surface area contributed by atoms with Gasteiger partial charge in [-0.2, -0.15) is 5.10 Å². The van der Waals surface area contributed by atoms with Crippen LogP contribution in [0.3, 0.4) is 0 Å². The van der Waals surface area contributed by atoms with Gasteiger partial charge in [-0.15, -0.1) is 11.3 Å². The standard InChI is InChI=1S/C39H51BrN2O6S/c1-4-8-34(45)46-22-32(44)39-33(47-36(48-39)23-9-6-5-7-10-23)16-29-28-14-11-25-15-30-24(17-37(25,2)35(28)31(43)18-38(29,39)3)20-42(41-30)21-27-13-12-26(19-40)49-27/h12-13,15,20,23,28-29,31,33,35-36,43H,4-11,14,16-19,21-22H2,1-3H3/t28-,29-,31-,33+,35+,36?,37-,38-,39+/m0/s1. The number of halogens is 1. The van der Waals surface area contributed by atoms with Crippen molar-refractivity contribution in [3.8, 4) is 0 Å². The average molecular weight is 756 g/mol. The Bertz CT molecular complexity index is 1630. The van der Waals surface area contributed by atoms with Crippen LogP contribution in [-0.4, -0.2) is 57.3 Å². The maximum absolute atomic E-state index is 14.5. The van der Waals surface area contributed by atoms with Crippen LogP contribution in [0.15, 0.2) is 23.9 Å². The lowest BCUT2D eigenvalue weighted by Gasteiger charge is -2.60. The Morgan fingerprint density at radius 2 is 1.96 bits per heavy atom. The molecular formula is C39H51BrN2O6S. The van der Waals surface area contributed by atoms with Crippen molar-refractivity contribution in [3.05, 3.63) is 44.9 Å². The summed E-state index contributed by atoms with van der Waals surface area (Å²) in [6.45, 7) is 6.92. The van der Waals surface area contributed by atoms with E-state index in [4.69, 9.17) is 19.3 Å². The maximum atomic E-state index is 14.5. The number of fused-ring (bicyclic) bond motifs is 8. The number of hydrogen-bond acceptors (Lipinski definition) is 8. The minimum Gasteiger partial charge on any atom is -0.458 e. The summed E-state index contributed by atoms with van der Waals surface area (Å²) in [6, 6.07) is 4.37. The van der Waals surface area contributed by atoms with E-state index in [-0.39, 0.29) is 53.9 Å². The third-order valence-corrected chi connectivity index (χ3v) is 15.6. The van der Waals surface area contributed by atoms with E-state index in [0.717, 1.165) is 68.9 Å². The van der Waals surface area contributed by atoms with Gasteiger partial charge in [0.1, 0.15) is 0 Å². The Morgan fingerprint density at radius 1 is 1.16 bits per heavy atom. The van der Waals surface area contributed by atoms with E-state index in [1.165, 1.54) is 27.3 Å². The lowest BCUT2D eigenvalue weighted by Crippen LogP contribution is -2.64. The Hall–Kier alpha value is -1.85. The van der Waals surface area contributed by atoms with Crippen molar-refractivity contribution in [1.82, 2.24) is 9.78 Å². The van der Waals surface area contributed by atoms with Crippen LogP contribution in [0.5, 0.6) is 0 Å². The third-order valence-electron chi connectivity index (χ3n) is 13.6. The van der Waals surface area contributed by atoms with Gasteiger partial charge in [-0.3, -0.25) is 14.3 Å². The van der Waals surface area contributed by atoms with Crippen LogP contribution in [0.2, 0.25) is 0 Å². The number of carbonyl (C=O) groups is 2. The van der Waals surface area contributed by atoms with Crippen molar-refractivity contribution in [2.24, 2.45) is 34.5 Å². The summed E-state index contributed by atoms with van der Waals surface area (Å²) in [5.74, 6) is 0.150. The number of aliphatic hydroxyl groups is 1. The molecule has 2 aromatic rings. The molecule has 3 heterocycles. The largest absolute Gasteiger partial charge is 0.458 e. The molecule has 5 fully saturated rings. The second kappa shape index (κ2) is 13.0. The molecule has 6 aliphatic rings. The highest BCUT2D eigenvalue weighted by molar-refractivity contribution is 9.08. The number of alkyl halides is 1. The molecular weight excluding hydrogens is 704 g/mol. The molecule has 1 unspecified atom stereocenters. The Kier molecular flexibility index (Phi) is 9.07. The molecule has 10 heteroatoms. The van der Waals surface area contributed by atoms with Crippen molar-refractivity contribution < 1.29 is 28.9 Å². The van der Waals surface area contributed by atoms with Gasteiger partial charge < -0.3 is 19.3 Å². The van der Waals surface area contributed by atoms with Crippen molar-refractivity contribution in [2.75, 3.05) is 6.61 Å². The lowest BCUT2D eigenvalue weighted by atomic mass is 9.45. The summed E-state index contributed by atoms with van der Waals surface area (Å²) >= 11 is 5.38. The first-order chi connectivity index (χ1) is 23.6. The second-order valence-electron chi connectivity index (χ2n) is 16.3. The van der Waals surface area contributed by atoms with Gasteiger partial charge in [0.2, 0.25) is 5.78 Å². The van der Waals surface area contributed by atoms with E-state index in [9.17, 15) is 14.7 Å². The first-order valence-electron chi connectivity index (χ1n) is 18.7. The van der Waals surface area contributed by atoms with Gasteiger partial charge >= 0.3 is 5.97 Å². The number of Topliss-reactive ketones (excluding diaryl/α,β-unsaturated/α-hetero) is 1. The zero-order chi connectivity index (χ0) is 34.1. The number of thiophene rings is 1. The van der Waals surface area contributed by atoms with Crippen LogP contribution in [-0.2, 0) is 42.1 Å². The summed E-state index contributed by atoms with van der Waals surface area (Å²) < 4.78 is 21.5. The number of ketones is 1. The predicted molar refractivity (Wildman–Crippen MR) is 191 cm³/mol. The monoisotopic (exact) mass is 754 g/mol. The van der Waals surface area contributed by atoms with Gasteiger partial charge in [0, 0.05) is 39.0 Å². The van der Waals surface area contributed by atoms with Crippen molar-refractivity contribution in [3.63, 3.8) is 0 Å². The topological polar surface area (TPSA) is 99.9 Å². The molecule has 8 rings (SSSR count). The summed E-state index contributed by atoms with van der Waals surface area (Å²) in [6.07, 6.45) is 13.6. The maximum Gasteiger partial charge on any atom is 0.306 e. The number of rotatable bonds is 9. The molecule has 49 heavy (non-hydrogen) atoms. The molecule has 0 radical (unpaired) electrons. The van der Waals surface area contributed by atoms with Crippen LogP contribution in [0, 0.1) is 34.5 Å². The number of allylic oxidation sites excluding steroid dienone is 1. The Labute approximate surface area is 302 Å². The predicted octanol–water partition coefficient (Wildman–Crippen LogP) is 7.62. The molecule has 2 aromatic heterocycles. The van der Waals surface area contributed by atoms with Gasteiger partial charge in [0.25, 0.3) is 0 Å². The zero-order valence-corrected chi connectivity index (χ0v) is 31.5. The molecule has 9 atom stereocenters. The smallest absolute Gasteiger partial charge is 0.306 e. The van der Waals surface area contributed by atoms with Crippen molar-refractivity contribution >= 4 is 45.1 Å². The minimum absolute atomic E-state index is 0.0587. The highest BCUT2D eigenvalue weighted by Gasteiger charge is 2.76. The highest BCUT2D eigenvalue weighted by Crippen LogP contribution is 2.70. The number of aliphatic hydroxyl groups excluding tert-OH is 1. The van der Waals surface area contributed by atoms with E-state index in [1.54, 1.807) is 0 Å². The summed E-state index contributed by atoms with van der Waals surface area (Å²) in [7, 11) is 0. The summed E-state index contributed by atoms with van der Waals surface area (Å²) in [5, 5.41) is 18.2. The summed E-state index contributed by atoms with van der Waals surface area (Å²) in [4.78, 5) is 29.5. The van der Waals surface area contributed by atoms with Crippen LogP contribution in [0.1, 0.15) is 112 Å². The number of hydrogen-bond donors (Lipinski definition) is 1. The quantitative estimate of drug-likeness (QED) is 0.208. The average Bonchev–Trinajstić information content (AvgIpc) is 3.85. The zero-order valence-electron chi connectivity index (χ0n) is 29.1. The number of ether oxygens (including phenoxy) is 3. The van der Waals surface area contributed by atoms with Gasteiger partial charge in [0.05, 0.1) is 24.4 Å². The molecule has 8 nitrogen and oxygen atoms in total. The first kappa shape index (κ1) is 34.2. The van der Waals surface area contributed by atoms with Crippen molar-refractivity contribution in [1.29, 1.82) is 0 Å². The van der Waals surface area contributed by atoms with E-state index in [2.05, 4.69) is 58.9 Å². The van der Waals surface area contributed by atoms with Crippen LogP contribution < -0.4 is 0 Å². The molecule has 1 N–H and O–H groups in total. The number of carbonyl (C=O) groups excluding carboxylic acids is 2. The molecule has 4 saturated carbocycles. The fourth-order valence-corrected chi connectivity index (χ4v) is 12.9. The van der Waals surface area contributed by atoms with Crippen molar-refractivity contribution in [2.45, 2.75) is 134 Å². The molecule has 0 spiro atoms. The van der Waals surface area contributed by atoms with Crippen LogP contribution >= 0.6 is 27.3 Å². The number of esters is 1. The molecule has 1 saturated heterocycles. The summed E-state index contributed by atoms with van der Waals surface area (Å²) in [5.41, 5.74) is 1.64. The fraction of sp³-hybridized carbons (Fsp3) is 0.718. The normalized spacial score (nSPS) is 38.2. The molecule has 5 aliphatic carbocycles. The van der Waals surface area contributed by atoms with Gasteiger partial charge in [-0.25, -0.2) is 0 Å². The third kappa shape index (κ3) is 5.48. The Balaban J connectivity index is 1.08. The van der Waals surface area contributed by atoms with E-state index in [0.29, 0.717) is 12.8 Å². The fourth-order valence-electron chi connectivity index (χ4n) is 11.5. The number of nitrogens with zero attached hydrogens (tertiary/aromatic N) is 2. The first-order valence-corrected chi connectivity index (χ1v) is 20.6. The van der Waals surface area contributed by atoms with Crippen LogP contribution in [0.4, 0.5) is 0 Å². The van der Waals surface area contributed by atoms with Crippen LogP contribution in [0.25, 0.3) is 6.08 Å². The molecule has 0 aromatic carbocycles. The lowest BCUT2D eigenvalue weighted by molar-refractivity contribution is -0.212. The van der Waals surface area contributed by atoms with E-state index >= 15 is 0 Å². The molecule has 266 valence electrons. The van der Waals surface area contributed by atoms with Gasteiger partial charge in [-0.1, -0.05) is 61.5 Å². The Morgan fingerprint density at radius 3 is 2.71 bits per heavy atom. The SMILES string of the molecule is CCCC(=O)OCC(=O)[C@@]12OC(C3CCCCC3)O[C@@H]1C[C@H]1[C@@H]3CCC4=Cc5nn(Cc6ccc(CBr)s6)cc5C[C@]4(C)[C@H]3[C@@H](O)C[C@@]12C. The highest BCUT2D eigenvalue weighted by atomic mass is 79.9. The molecule has 0 amide bonds. The minimum atomic E-state index is -1.23. The van der Waals surface area contributed by atoms with Gasteiger partial charge in [0.15, 0.2) is 18.5 Å².